The highest BCUT2D eigenvalue weighted by atomic mass is 32.2. The van der Waals surface area contributed by atoms with Gasteiger partial charge >= 0.3 is 0 Å². The van der Waals surface area contributed by atoms with Gasteiger partial charge in [-0.25, -0.2) is 9.97 Å². The Labute approximate surface area is 185 Å². The molecule has 0 aliphatic rings. The summed E-state index contributed by atoms with van der Waals surface area (Å²) in [5, 5.41) is 8.40. The maximum Gasteiger partial charge on any atom is 0.263 e. The Morgan fingerprint density at radius 2 is 2.03 bits per heavy atom. The first-order valence-electron chi connectivity index (χ1n) is 9.10. The average molecular weight is 455 g/mol. The number of hydrogen-bond acceptors (Lipinski definition) is 7. The van der Waals surface area contributed by atoms with Crippen molar-refractivity contribution in [2.75, 3.05) is 5.32 Å². The first-order chi connectivity index (χ1) is 14.6. The van der Waals surface area contributed by atoms with Crippen molar-refractivity contribution in [2.45, 2.75) is 24.4 Å². The van der Waals surface area contributed by atoms with Crippen LogP contribution >= 0.6 is 34.4 Å². The second kappa shape index (κ2) is 8.95. The Morgan fingerprint density at radius 3 is 2.77 bits per heavy atom. The topological polar surface area (TPSA) is 76.9 Å². The zero-order valence-corrected chi connectivity index (χ0v) is 18.6. The maximum atomic E-state index is 13.3. The van der Waals surface area contributed by atoms with Gasteiger partial charge in [0.15, 0.2) is 10.3 Å². The first-order valence-corrected chi connectivity index (χ1v) is 11.8. The number of amides is 1. The van der Waals surface area contributed by atoms with Gasteiger partial charge in [0.1, 0.15) is 4.83 Å². The summed E-state index contributed by atoms with van der Waals surface area (Å²) in [5.41, 5.74) is 2.66. The molecule has 0 aliphatic heterocycles. The van der Waals surface area contributed by atoms with Crippen LogP contribution in [0.5, 0.6) is 0 Å². The molecule has 1 N–H and O–H groups in total. The molecule has 4 aromatic rings. The average Bonchev–Trinajstić information content (AvgIpc) is 3.36. The molecule has 0 spiro atoms. The molecular weight excluding hydrogens is 436 g/mol. The molecule has 1 aromatic carbocycles. The van der Waals surface area contributed by atoms with Crippen LogP contribution in [0.25, 0.3) is 21.3 Å². The van der Waals surface area contributed by atoms with Crippen molar-refractivity contribution in [3.8, 4) is 11.1 Å². The van der Waals surface area contributed by atoms with Crippen molar-refractivity contribution in [3.05, 3.63) is 69.8 Å². The number of allylic oxidation sites excluding steroid dienone is 1. The molecule has 1 amide bonds. The molecule has 3 aromatic heterocycles. The van der Waals surface area contributed by atoms with Crippen molar-refractivity contribution >= 4 is 55.7 Å². The molecule has 0 fully saturated rings. The van der Waals surface area contributed by atoms with E-state index in [1.54, 1.807) is 10.6 Å². The molecule has 0 aliphatic carbocycles. The van der Waals surface area contributed by atoms with Crippen molar-refractivity contribution in [3.63, 3.8) is 0 Å². The van der Waals surface area contributed by atoms with Gasteiger partial charge in [-0.15, -0.1) is 29.3 Å². The number of thiophene rings is 1. The lowest BCUT2D eigenvalue weighted by atomic mass is 10.1. The quantitative estimate of drug-likeness (QED) is 0.241. The molecular formula is C21H18N4O2S3. The number of thiazole rings is 1. The predicted molar refractivity (Wildman–Crippen MR) is 125 cm³/mol. The second-order valence-corrected chi connectivity index (χ2v) is 9.07. The number of rotatable bonds is 7. The molecule has 0 bridgehead atoms. The van der Waals surface area contributed by atoms with Gasteiger partial charge in [0, 0.05) is 35.5 Å². The number of aromatic nitrogens is 3. The summed E-state index contributed by atoms with van der Waals surface area (Å²) >= 11 is 4.30. The number of nitrogens with one attached hydrogen (secondary N) is 1. The van der Waals surface area contributed by atoms with Crippen LogP contribution in [0.2, 0.25) is 0 Å². The Kier molecular flexibility index (Phi) is 6.12. The highest BCUT2D eigenvalue weighted by Crippen LogP contribution is 2.32. The van der Waals surface area contributed by atoms with E-state index in [9.17, 15) is 9.59 Å². The summed E-state index contributed by atoms with van der Waals surface area (Å²) < 4.78 is 1.65. The second-order valence-electron chi connectivity index (χ2n) is 6.41. The van der Waals surface area contributed by atoms with Crippen molar-refractivity contribution in [1.82, 2.24) is 14.5 Å². The monoisotopic (exact) mass is 454 g/mol. The van der Waals surface area contributed by atoms with Gasteiger partial charge in [-0.2, -0.15) is 0 Å². The van der Waals surface area contributed by atoms with E-state index in [-0.39, 0.29) is 11.5 Å². The minimum absolute atomic E-state index is 0.0697. The van der Waals surface area contributed by atoms with Gasteiger partial charge in [0.05, 0.1) is 11.1 Å². The number of hydrogen-bond donors (Lipinski definition) is 1. The van der Waals surface area contributed by atoms with Gasteiger partial charge in [0.25, 0.3) is 5.56 Å². The molecule has 6 nitrogen and oxygen atoms in total. The van der Waals surface area contributed by atoms with E-state index in [2.05, 4.69) is 16.9 Å². The van der Waals surface area contributed by atoms with E-state index in [0.717, 1.165) is 21.7 Å². The van der Waals surface area contributed by atoms with Crippen LogP contribution in [0, 0.1) is 0 Å². The number of carbonyl (C=O) groups is 1. The Balaban J connectivity index is 1.69. The van der Waals surface area contributed by atoms with Crippen LogP contribution in [-0.4, -0.2) is 20.4 Å². The number of carbonyl (C=O) groups excluding carboxylic acids is 1. The molecule has 0 unspecified atom stereocenters. The summed E-state index contributed by atoms with van der Waals surface area (Å²) in [6, 6.07) is 9.87. The Morgan fingerprint density at radius 1 is 1.23 bits per heavy atom. The SMILES string of the molecule is C=CCn1c(SCc2csc(NC(C)=O)n2)nc2scc(-c3ccccc3)c2c1=O. The van der Waals surface area contributed by atoms with Gasteiger partial charge in [-0.3, -0.25) is 14.2 Å². The lowest BCUT2D eigenvalue weighted by Gasteiger charge is -2.10. The van der Waals surface area contributed by atoms with Crippen LogP contribution < -0.4 is 10.9 Å². The van der Waals surface area contributed by atoms with Gasteiger partial charge in [0.2, 0.25) is 5.91 Å². The van der Waals surface area contributed by atoms with Crippen molar-refractivity contribution < 1.29 is 4.79 Å². The fourth-order valence-electron chi connectivity index (χ4n) is 2.96. The first kappa shape index (κ1) is 20.5. The Hall–Kier alpha value is -2.75. The molecule has 152 valence electrons. The zero-order chi connectivity index (χ0) is 21.1. The van der Waals surface area contributed by atoms with E-state index in [1.807, 2.05) is 41.1 Å². The van der Waals surface area contributed by atoms with Gasteiger partial charge in [-0.1, -0.05) is 48.2 Å². The molecule has 0 radical (unpaired) electrons. The van der Waals surface area contributed by atoms with Crippen LogP contribution in [0.3, 0.4) is 0 Å². The van der Waals surface area contributed by atoms with Gasteiger partial charge < -0.3 is 5.32 Å². The zero-order valence-electron chi connectivity index (χ0n) is 16.1. The largest absolute Gasteiger partial charge is 0.302 e. The molecule has 0 saturated heterocycles. The van der Waals surface area contributed by atoms with E-state index >= 15 is 0 Å². The summed E-state index contributed by atoms with van der Waals surface area (Å²) in [5.74, 6) is 0.393. The number of benzene rings is 1. The summed E-state index contributed by atoms with van der Waals surface area (Å²) in [6.45, 7) is 5.62. The highest BCUT2D eigenvalue weighted by molar-refractivity contribution is 7.98. The van der Waals surface area contributed by atoms with E-state index in [0.29, 0.717) is 28.0 Å². The fourth-order valence-corrected chi connectivity index (χ4v) is 5.71. The molecule has 3 heterocycles. The molecule has 0 atom stereocenters. The molecule has 4 rings (SSSR count). The standard InChI is InChI=1S/C21H18N4O2S3/c1-3-9-25-19(27)17-16(14-7-5-4-6-8-14)12-28-18(17)24-21(25)30-11-15-10-29-20(23-15)22-13(2)26/h3-8,10,12H,1,9,11H2,2H3,(H,22,23,26). The lowest BCUT2D eigenvalue weighted by molar-refractivity contribution is -0.114. The summed E-state index contributed by atoms with van der Waals surface area (Å²) in [6.07, 6.45) is 1.70. The summed E-state index contributed by atoms with van der Waals surface area (Å²) in [7, 11) is 0. The normalized spacial score (nSPS) is 11.0. The van der Waals surface area contributed by atoms with E-state index in [4.69, 9.17) is 4.98 Å². The number of fused-ring (bicyclic) bond motifs is 1. The van der Waals surface area contributed by atoms with Crippen LogP contribution in [0.15, 0.2) is 63.7 Å². The van der Waals surface area contributed by atoms with Gasteiger partial charge in [-0.05, 0) is 5.56 Å². The molecule has 9 heteroatoms. The molecule has 0 saturated carbocycles. The minimum Gasteiger partial charge on any atom is -0.302 e. The number of anilines is 1. The molecule has 30 heavy (non-hydrogen) atoms. The smallest absolute Gasteiger partial charge is 0.263 e. The Bertz CT molecular complexity index is 1270. The fraction of sp³-hybridized carbons (Fsp3) is 0.143. The van der Waals surface area contributed by atoms with Crippen LogP contribution in [0.1, 0.15) is 12.6 Å². The van der Waals surface area contributed by atoms with E-state index < -0.39 is 0 Å². The number of thioether (sulfide) groups is 1. The third-order valence-electron chi connectivity index (χ3n) is 4.24. The van der Waals surface area contributed by atoms with E-state index in [1.165, 1.54) is 41.4 Å². The maximum absolute atomic E-state index is 13.3. The van der Waals surface area contributed by atoms with Crippen LogP contribution in [0.4, 0.5) is 5.13 Å². The van der Waals surface area contributed by atoms with Crippen LogP contribution in [-0.2, 0) is 17.1 Å². The summed E-state index contributed by atoms with van der Waals surface area (Å²) in [4.78, 5) is 34.4. The minimum atomic E-state index is -0.151. The third-order valence-corrected chi connectivity index (χ3v) is 6.93. The van der Waals surface area contributed by atoms with Crippen molar-refractivity contribution in [2.24, 2.45) is 0 Å². The predicted octanol–water partition coefficient (Wildman–Crippen LogP) is 5.02. The number of nitrogens with zero attached hydrogens (tertiary/aromatic N) is 3. The van der Waals surface area contributed by atoms with Crippen molar-refractivity contribution in [1.29, 1.82) is 0 Å². The highest BCUT2D eigenvalue weighted by Gasteiger charge is 2.17. The lowest BCUT2D eigenvalue weighted by Crippen LogP contribution is -2.22. The third kappa shape index (κ3) is 4.23.